The lowest BCUT2D eigenvalue weighted by Crippen LogP contribution is -2.26. The van der Waals surface area contributed by atoms with Gasteiger partial charge in [0.05, 0.1) is 10.5 Å². The van der Waals surface area contributed by atoms with E-state index in [1.165, 1.54) is 4.57 Å². The number of fused-ring (bicyclic) bond motifs is 1. The molecule has 0 radical (unpaired) electrons. The highest BCUT2D eigenvalue weighted by atomic mass is 35.5. The normalized spacial score (nSPS) is 11.8. The second-order valence-corrected chi connectivity index (χ2v) is 5.92. The molecular formula is C14H15Cl2NO2. The predicted octanol–water partition coefficient (Wildman–Crippen LogP) is 4.82. The number of hydrogen-bond acceptors (Lipinski definition) is 2. The Morgan fingerprint density at radius 3 is 2.58 bits per heavy atom. The van der Waals surface area contributed by atoms with E-state index in [-0.39, 0.29) is 0 Å². The van der Waals surface area contributed by atoms with Crippen molar-refractivity contribution in [3.63, 3.8) is 0 Å². The van der Waals surface area contributed by atoms with Crippen LogP contribution in [0, 0.1) is 0 Å². The molecule has 19 heavy (non-hydrogen) atoms. The van der Waals surface area contributed by atoms with Crippen molar-refractivity contribution in [2.24, 2.45) is 0 Å². The second-order valence-electron chi connectivity index (χ2n) is 5.27. The molecule has 2 rings (SSSR count). The highest BCUT2D eigenvalue weighted by Crippen LogP contribution is 2.29. The van der Waals surface area contributed by atoms with Crippen molar-refractivity contribution < 1.29 is 9.53 Å². The molecule has 0 amide bonds. The van der Waals surface area contributed by atoms with Gasteiger partial charge in [-0.25, -0.2) is 4.79 Å². The predicted molar refractivity (Wildman–Crippen MR) is 78.1 cm³/mol. The quantitative estimate of drug-likeness (QED) is 0.707. The number of benzene rings is 1. The van der Waals surface area contributed by atoms with Crippen molar-refractivity contribution in [2.45, 2.75) is 32.3 Å². The van der Waals surface area contributed by atoms with E-state index in [0.717, 1.165) is 10.9 Å². The Balaban J connectivity index is 2.47. The smallest absolute Gasteiger partial charge is 0.418 e. The first-order valence-corrected chi connectivity index (χ1v) is 6.82. The summed E-state index contributed by atoms with van der Waals surface area (Å²) in [7, 11) is 0. The van der Waals surface area contributed by atoms with Crippen LogP contribution in [-0.4, -0.2) is 16.3 Å². The lowest BCUT2D eigenvalue weighted by molar-refractivity contribution is 0.0544. The molecule has 0 atom stereocenters. The van der Waals surface area contributed by atoms with Gasteiger partial charge in [-0.3, -0.25) is 4.57 Å². The summed E-state index contributed by atoms with van der Waals surface area (Å²) in [5.74, 6) is 0.340. The number of aromatic nitrogens is 1. The number of ether oxygens (including phenoxy) is 1. The first-order chi connectivity index (χ1) is 8.83. The first-order valence-electron chi connectivity index (χ1n) is 5.91. The van der Waals surface area contributed by atoms with Crippen molar-refractivity contribution in [2.75, 3.05) is 0 Å². The number of rotatable bonds is 1. The van der Waals surface area contributed by atoms with Crippen LogP contribution < -0.4 is 0 Å². The Morgan fingerprint density at radius 1 is 1.32 bits per heavy atom. The summed E-state index contributed by atoms with van der Waals surface area (Å²) in [6.07, 6.45) is 1.24. The summed E-state index contributed by atoms with van der Waals surface area (Å²) in [5.41, 5.74) is 1.03. The van der Waals surface area contributed by atoms with Crippen molar-refractivity contribution in [1.29, 1.82) is 0 Å². The van der Waals surface area contributed by atoms with Crippen LogP contribution in [-0.2, 0) is 10.6 Å². The van der Waals surface area contributed by atoms with Gasteiger partial charge in [0.15, 0.2) is 0 Å². The van der Waals surface area contributed by atoms with Gasteiger partial charge < -0.3 is 4.74 Å². The summed E-state index contributed by atoms with van der Waals surface area (Å²) in [4.78, 5) is 12.1. The lowest BCUT2D eigenvalue weighted by Gasteiger charge is -2.19. The van der Waals surface area contributed by atoms with Crippen LogP contribution in [0.3, 0.4) is 0 Å². The van der Waals surface area contributed by atoms with Crippen LogP contribution in [0.1, 0.15) is 26.3 Å². The summed E-state index contributed by atoms with van der Waals surface area (Å²) in [5, 5.41) is 1.38. The Morgan fingerprint density at radius 2 is 2.00 bits per heavy atom. The van der Waals surface area contributed by atoms with Gasteiger partial charge in [-0.05, 0) is 38.5 Å². The Labute approximate surface area is 122 Å². The van der Waals surface area contributed by atoms with Crippen molar-refractivity contribution in [3.8, 4) is 0 Å². The number of hydrogen-bond donors (Lipinski definition) is 0. The Kier molecular flexibility index (Phi) is 3.79. The number of carbonyl (C=O) groups is 1. The van der Waals surface area contributed by atoms with Gasteiger partial charge >= 0.3 is 6.09 Å². The third kappa shape index (κ3) is 2.88. The molecule has 1 aromatic carbocycles. The van der Waals surface area contributed by atoms with E-state index in [0.29, 0.717) is 16.4 Å². The molecule has 0 aliphatic rings. The van der Waals surface area contributed by atoms with Crippen LogP contribution in [0.25, 0.3) is 10.9 Å². The van der Waals surface area contributed by atoms with E-state index in [9.17, 15) is 4.79 Å². The third-order valence-corrected chi connectivity index (χ3v) is 3.35. The zero-order valence-corrected chi connectivity index (χ0v) is 12.5. The maximum absolute atomic E-state index is 12.1. The van der Waals surface area contributed by atoms with E-state index < -0.39 is 11.7 Å². The fraction of sp³-hybridized carbons (Fsp3) is 0.357. The van der Waals surface area contributed by atoms with Gasteiger partial charge in [0.1, 0.15) is 5.60 Å². The van der Waals surface area contributed by atoms with Crippen LogP contribution in [0.2, 0.25) is 5.02 Å². The van der Waals surface area contributed by atoms with E-state index in [4.69, 9.17) is 27.9 Å². The summed E-state index contributed by atoms with van der Waals surface area (Å²) in [6.45, 7) is 5.49. The number of halogens is 2. The average molecular weight is 300 g/mol. The maximum atomic E-state index is 12.1. The molecule has 102 valence electrons. The Hall–Kier alpha value is -1.19. The van der Waals surface area contributed by atoms with Crippen molar-refractivity contribution >= 4 is 40.2 Å². The molecule has 0 spiro atoms. The summed E-state index contributed by atoms with van der Waals surface area (Å²) >= 11 is 12.0. The van der Waals surface area contributed by atoms with Crippen LogP contribution >= 0.6 is 23.2 Å². The van der Waals surface area contributed by atoms with E-state index in [1.807, 2.05) is 32.9 Å². The molecule has 0 saturated carbocycles. The largest absolute Gasteiger partial charge is 0.443 e. The van der Waals surface area contributed by atoms with Crippen LogP contribution in [0.4, 0.5) is 4.79 Å². The molecule has 0 N–H and O–H groups in total. The number of nitrogens with zero attached hydrogens (tertiary/aromatic N) is 1. The molecule has 0 fully saturated rings. The SMILES string of the molecule is CC(C)(C)OC(=O)n1ccc2c(Cl)c(CCl)ccc21. The molecule has 0 aliphatic heterocycles. The molecule has 3 nitrogen and oxygen atoms in total. The van der Waals surface area contributed by atoms with Crippen LogP contribution in [0.15, 0.2) is 24.4 Å². The maximum Gasteiger partial charge on any atom is 0.418 e. The van der Waals surface area contributed by atoms with Gasteiger partial charge in [0.25, 0.3) is 0 Å². The van der Waals surface area contributed by atoms with Gasteiger partial charge in [-0.15, -0.1) is 11.6 Å². The molecule has 2 aromatic rings. The van der Waals surface area contributed by atoms with Gasteiger partial charge in [-0.2, -0.15) is 0 Å². The highest BCUT2D eigenvalue weighted by molar-refractivity contribution is 6.37. The van der Waals surface area contributed by atoms with Gasteiger partial charge in [-0.1, -0.05) is 17.7 Å². The zero-order valence-electron chi connectivity index (χ0n) is 11.0. The molecular weight excluding hydrogens is 285 g/mol. The first kappa shape index (κ1) is 14.2. The van der Waals surface area contributed by atoms with Gasteiger partial charge in [0, 0.05) is 17.5 Å². The summed E-state index contributed by atoms with van der Waals surface area (Å²) in [6, 6.07) is 5.43. The second kappa shape index (κ2) is 5.06. The summed E-state index contributed by atoms with van der Waals surface area (Å²) < 4.78 is 6.79. The number of alkyl halides is 1. The molecule has 0 unspecified atom stereocenters. The lowest BCUT2D eigenvalue weighted by atomic mass is 10.2. The van der Waals surface area contributed by atoms with Crippen LogP contribution in [0.5, 0.6) is 0 Å². The standard InChI is InChI=1S/C14H15Cl2NO2/c1-14(2,3)19-13(18)17-7-6-10-11(17)5-4-9(8-15)12(10)16/h4-7H,8H2,1-3H3. The fourth-order valence-electron chi connectivity index (χ4n) is 1.80. The average Bonchev–Trinajstić information content (AvgIpc) is 2.72. The van der Waals surface area contributed by atoms with Crippen molar-refractivity contribution in [1.82, 2.24) is 4.57 Å². The minimum Gasteiger partial charge on any atom is -0.443 e. The molecule has 1 aromatic heterocycles. The van der Waals surface area contributed by atoms with E-state index in [2.05, 4.69) is 0 Å². The van der Waals surface area contributed by atoms with E-state index in [1.54, 1.807) is 12.3 Å². The fourth-order valence-corrected chi connectivity index (χ4v) is 2.38. The van der Waals surface area contributed by atoms with Gasteiger partial charge in [0.2, 0.25) is 0 Å². The Bertz CT molecular complexity index is 626. The molecule has 5 heteroatoms. The number of carbonyl (C=O) groups excluding carboxylic acids is 1. The molecule has 0 bridgehead atoms. The zero-order chi connectivity index (χ0) is 14.2. The topological polar surface area (TPSA) is 31.2 Å². The molecule has 0 aliphatic carbocycles. The van der Waals surface area contributed by atoms with Crippen molar-refractivity contribution in [3.05, 3.63) is 35.0 Å². The van der Waals surface area contributed by atoms with E-state index >= 15 is 0 Å². The minimum absolute atomic E-state index is 0.340. The molecule has 1 heterocycles. The minimum atomic E-state index is -0.534. The molecule has 0 saturated heterocycles. The third-order valence-electron chi connectivity index (χ3n) is 2.62. The highest BCUT2D eigenvalue weighted by Gasteiger charge is 2.19. The monoisotopic (exact) mass is 299 g/mol.